The highest BCUT2D eigenvalue weighted by atomic mass is 16.5. The fourth-order valence-electron chi connectivity index (χ4n) is 5.87. The van der Waals surface area contributed by atoms with E-state index in [0.717, 1.165) is 49.9 Å². The Hall–Kier alpha value is -1.06. The minimum atomic E-state index is -0.465. The van der Waals surface area contributed by atoms with Crippen LogP contribution in [0.1, 0.15) is 77.6 Å². The van der Waals surface area contributed by atoms with Crippen molar-refractivity contribution in [3.05, 3.63) is 0 Å². The predicted molar refractivity (Wildman–Crippen MR) is 93.3 cm³/mol. The first kappa shape index (κ1) is 17.8. The first-order valence-electron chi connectivity index (χ1n) is 9.95. The maximum Gasteiger partial charge on any atom is 0.328 e. The molecule has 0 aromatic rings. The van der Waals surface area contributed by atoms with Crippen LogP contribution in [0.25, 0.3) is 0 Å². The number of rotatable bonds is 8. The van der Waals surface area contributed by atoms with Gasteiger partial charge in [0.15, 0.2) is 0 Å². The van der Waals surface area contributed by atoms with Gasteiger partial charge in [-0.15, -0.1) is 0 Å². The summed E-state index contributed by atoms with van der Waals surface area (Å²) < 4.78 is 4.94. The van der Waals surface area contributed by atoms with Gasteiger partial charge in [-0.3, -0.25) is 4.79 Å². The molecule has 4 aliphatic carbocycles. The van der Waals surface area contributed by atoms with E-state index in [2.05, 4.69) is 12.2 Å². The Balaban J connectivity index is 1.61. The second-order valence-corrected chi connectivity index (χ2v) is 8.60. The second kappa shape index (κ2) is 7.45. The normalized spacial score (nSPS) is 34.8. The first-order chi connectivity index (χ1) is 11.6. The van der Waals surface area contributed by atoms with Gasteiger partial charge in [0.2, 0.25) is 5.91 Å². The van der Waals surface area contributed by atoms with E-state index < -0.39 is 6.04 Å². The Morgan fingerprint density at radius 2 is 1.62 bits per heavy atom. The zero-order chi connectivity index (χ0) is 17.2. The van der Waals surface area contributed by atoms with Crippen LogP contribution in [0.5, 0.6) is 0 Å². The van der Waals surface area contributed by atoms with Crippen LogP contribution in [-0.2, 0) is 14.3 Å². The molecule has 0 aliphatic heterocycles. The number of esters is 1. The van der Waals surface area contributed by atoms with Gasteiger partial charge in [-0.1, -0.05) is 32.6 Å². The van der Waals surface area contributed by atoms with Crippen LogP contribution in [0, 0.1) is 23.2 Å². The minimum Gasteiger partial charge on any atom is -0.467 e. The monoisotopic (exact) mass is 335 g/mol. The molecule has 0 aromatic heterocycles. The van der Waals surface area contributed by atoms with Gasteiger partial charge in [0.1, 0.15) is 6.04 Å². The van der Waals surface area contributed by atoms with Crippen molar-refractivity contribution in [2.45, 2.75) is 83.6 Å². The topological polar surface area (TPSA) is 55.4 Å². The Morgan fingerprint density at radius 3 is 2.12 bits per heavy atom. The van der Waals surface area contributed by atoms with Crippen molar-refractivity contribution >= 4 is 11.9 Å². The van der Waals surface area contributed by atoms with E-state index in [9.17, 15) is 9.59 Å². The van der Waals surface area contributed by atoms with Crippen molar-refractivity contribution in [3.8, 4) is 0 Å². The molecule has 0 spiro atoms. The lowest BCUT2D eigenvalue weighted by molar-refractivity contribution is -0.153. The minimum absolute atomic E-state index is 0.132. The molecule has 1 N–H and O–H groups in total. The van der Waals surface area contributed by atoms with E-state index in [1.807, 2.05) is 0 Å². The quantitative estimate of drug-likeness (QED) is 0.542. The van der Waals surface area contributed by atoms with Gasteiger partial charge >= 0.3 is 5.97 Å². The number of ether oxygens (including phenoxy) is 1. The lowest BCUT2D eigenvalue weighted by atomic mass is 9.49. The average Bonchev–Trinajstić information content (AvgIpc) is 2.55. The zero-order valence-electron chi connectivity index (χ0n) is 15.3. The average molecular weight is 335 g/mol. The molecule has 0 heterocycles. The summed E-state index contributed by atoms with van der Waals surface area (Å²) in [5.41, 5.74) is -0.190. The lowest BCUT2D eigenvalue weighted by Crippen LogP contribution is -2.56. The molecule has 4 saturated carbocycles. The maximum atomic E-state index is 13.1. The summed E-state index contributed by atoms with van der Waals surface area (Å²) in [5.74, 6) is 2.06. The first-order valence-corrected chi connectivity index (χ1v) is 9.95. The van der Waals surface area contributed by atoms with Crippen molar-refractivity contribution in [2.75, 3.05) is 7.11 Å². The number of carbonyl (C=O) groups is 2. The highest BCUT2D eigenvalue weighted by Gasteiger charge is 2.54. The molecule has 0 aromatic carbocycles. The van der Waals surface area contributed by atoms with Crippen LogP contribution in [0.15, 0.2) is 0 Å². The predicted octanol–water partition coefficient (Wildman–Crippen LogP) is 3.83. The van der Waals surface area contributed by atoms with E-state index in [1.165, 1.54) is 39.2 Å². The largest absolute Gasteiger partial charge is 0.467 e. The SMILES string of the molecule is CCCCCC[C@@H](NC(=O)C12CC3CC(CC(C3)C1)C2)C(=O)OC. The third kappa shape index (κ3) is 3.62. The molecule has 136 valence electrons. The standard InChI is InChI=1S/C20H33NO3/c1-3-4-5-6-7-17(18(22)24-2)21-19(23)20-11-14-8-15(12-20)10-16(9-14)13-20/h14-17H,3-13H2,1-2H3,(H,21,23)/t14?,15?,16?,17-,20?/m1/s1. The summed E-state index contributed by atoms with van der Waals surface area (Å²) in [6.45, 7) is 2.17. The van der Waals surface area contributed by atoms with Crippen molar-refractivity contribution in [1.82, 2.24) is 5.32 Å². The van der Waals surface area contributed by atoms with Crippen LogP contribution >= 0.6 is 0 Å². The third-order valence-corrected chi connectivity index (χ3v) is 6.66. The summed E-state index contributed by atoms with van der Waals surface area (Å²) in [6.07, 6.45) is 12.2. The number of methoxy groups -OCH3 is 1. The molecule has 4 fully saturated rings. The van der Waals surface area contributed by atoms with Gasteiger partial charge in [-0.05, 0) is 62.7 Å². The highest BCUT2D eigenvalue weighted by molar-refractivity contribution is 5.88. The van der Waals surface area contributed by atoms with Crippen molar-refractivity contribution < 1.29 is 14.3 Å². The summed E-state index contributed by atoms with van der Waals surface area (Å²) in [4.78, 5) is 25.2. The molecule has 0 unspecified atom stereocenters. The van der Waals surface area contributed by atoms with Gasteiger partial charge in [-0.2, -0.15) is 0 Å². The summed E-state index contributed by atoms with van der Waals surface area (Å²) in [7, 11) is 1.41. The Labute approximate surface area is 146 Å². The van der Waals surface area contributed by atoms with Crippen LogP contribution in [0.3, 0.4) is 0 Å². The van der Waals surface area contributed by atoms with E-state index in [4.69, 9.17) is 4.74 Å². The molecular formula is C20H33NO3. The zero-order valence-corrected chi connectivity index (χ0v) is 15.3. The van der Waals surface area contributed by atoms with Gasteiger partial charge in [0.05, 0.1) is 7.11 Å². The Morgan fingerprint density at radius 1 is 1.04 bits per heavy atom. The van der Waals surface area contributed by atoms with Crippen molar-refractivity contribution in [3.63, 3.8) is 0 Å². The molecule has 4 bridgehead atoms. The van der Waals surface area contributed by atoms with Gasteiger partial charge in [0.25, 0.3) is 0 Å². The number of amides is 1. The molecule has 0 radical (unpaired) electrons. The third-order valence-electron chi connectivity index (χ3n) is 6.66. The van der Waals surface area contributed by atoms with Crippen molar-refractivity contribution in [2.24, 2.45) is 23.2 Å². The van der Waals surface area contributed by atoms with Crippen LogP contribution in [-0.4, -0.2) is 25.0 Å². The van der Waals surface area contributed by atoms with Gasteiger partial charge in [0, 0.05) is 5.41 Å². The van der Waals surface area contributed by atoms with Crippen LogP contribution in [0.4, 0.5) is 0 Å². The van der Waals surface area contributed by atoms with E-state index in [-0.39, 0.29) is 17.3 Å². The smallest absolute Gasteiger partial charge is 0.328 e. The summed E-state index contributed by atoms with van der Waals surface area (Å²) >= 11 is 0. The maximum absolute atomic E-state index is 13.1. The fourth-order valence-corrected chi connectivity index (χ4v) is 5.87. The summed E-state index contributed by atoms with van der Waals surface area (Å²) in [6, 6.07) is -0.465. The molecule has 1 amide bonds. The fraction of sp³-hybridized carbons (Fsp3) is 0.900. The summed E-state index contributed by atoms with van der Waals surface area (Å²) in [5, 5.41) is 3.09. The Kier molecular flexibility index (Phi) is 5.51. The lowest BCUT2D eigenvalue weighted by Gasteiger charge is -2.55. The highest BCUT2D eigenvalue weighted by Crippen LogP contribution is 2.60. The van der Waals surface area contributed by atoms with E-state index >= 15 is 0 Å². The van der Waals surface area contributed by atoms with Crippen LogP contribution < -0.4 is 5.32 Å². The second-order valence-electron chi connectivity index (χ2n) is 8.60. The molecule has 4 aliphatic rings. The molecule has 4 rings (SSSR count). The molecule has 4 heteroatoms. The number of hydrogen-bond acceptors (Lipinski definition) is 3. The molecule has 4 nitrogen and oxygen atoms in total. The molecule has 1 atom stereocenters. The van der Waals surface area contributed by atoms with Gasteiger partial charge in [-0.25, -0.2) is 4.79 Å². The molecule has 0 saturated heterocycles. The Bertz CT molecular complexity index is 438. The van der Waals surface area contributed by atoms with E-state index in [0.29, 0.717) is 6.42 Å². The van der Waals surface area contributed by atoms with Crippen LogP contribution in [0.2, 0.25) is 0 Å². The van der Waals surface area contributed by atoms with Crippen molar-refractivity contribution in [1.29, 1.82) is 0 Å². The molecule has 24 heavy (non-hydrogen) atoms. The van der Waals surface area contributed by atoms with E-state index in [1.54, 1.807) is 0 Å². The molecular weight excluding hydrogens is 302 g/mol. The van der Waals surface area contributed by atoms with Gasteiger partial charge < -0.3 is 10.1 Å². The number of unbranched alkanes of at least 4 members (excludes halogenated alkanes) is 3. The number of carbonyl (C=O) groups excluding carboxylic acids is 2. The number of hydrogen-bond donors (Lipinski definition) is 1. The number of nitrogens with one attached hydrogen (secondary N) is 1.